The van der Waals surface area contributed by atoms with Crippen LogP contribution < -0.4 is 5.73 Å². The maximum Gasteiger partial charge on any atom is 0.147 e. The summed E-state index contributed by atoms with van der Waals surface area (Å²) in [5.41, 5.74) is 6.32. The largest absolute Gasteiger partial charge is 0.326 e. The number of nitrogens with zero attached hydrogens (tertiary/aromatic N) is 4. The van der Waals surface area contributed by atoms with Gasteiger partial charge >= 0.3 is 0 Å². The Hall–Kier alpha value is -0.940. The summed E-state index contributed by atoms with van der Waals surface area (Å²) in [6.07, 6.45) is 8.21. The van der Waals surface area contributed by atoms with Gasteiger partial charge in [-0.3, -0.25) is 4.90 Å². The summed E-state index contributed by atoms with van der Waals surface area (Å²) in [7, 11) is 0. The monoisotopic (exact) mass is 235 g/mol. The predicted octanol–water partition coefficient (Wildman–Crippen LogP) is 0.754. The maximum atomic E-state index is 6.32. The lowest BCUT2D eigenvalue weighted by atomic mass is 10.0. The molecule has 1 aromatic rings. The zero-order chi connectivity index (χ0) is 11.7. The van der Waals surface area contributed by atoms with E-state index in [1.54, 1.807) is 0 Å². The highest BCUT2D eigenvalue weighted by Crippen LogP contribution is 2.24. The van der Waals surface area contributed by atoms with Gasteiger partial charge in [-0.25, -0.2) is 0 Å². The number of fused-ring (bicyclic) bond motifs is 1. The molecule has 1 aliphatic heterocycles. The first-order valence-electron chi connectivity index (χ1n) is 6.71. The molecule has 2 N–H and O–H groups in total. The van der Waals surface area contributed by atoms with E-state index in [9.17, 15) is 0 Å². The topological polar surface area (TPSA) is 60.0 Å². The zero-order valence-electron chi connectivity index (χ0n) is 10.3. The quantitative estimate of drug-likeness (QED) is 0.730. The van der Waals surface area contributed by atoms with Crippen LogP contribution in [0.4, 0.5) is 0 Å². The van der Waals surface area contributed by atoms with Gasteiger partial charge in [0.1, 0.15) is 12.2 Å². The molecule has 5 heteroatoms. The van der Waals surface area contributed by atoms with E-state index in [1.165, 1.54) is 32.1 Å². The highest BCUT2D eigenvalue weighted by molar-refractivity contribution is 4.94. The van der Waals surface area contributed by atoms with Crippen molar-refractivity contribution >= 4 is 0 Å². The molecule has 94 valence electrons. The maximum absolute atomic E-state index is 6.32. The molecule has 5 nitrogen and oxygen atoms in total. The van der Waals surface area contributed by atoms with E-state index in [4.69, 9.17) is 5.73 Å². The smallest absolute Gasteiger partial charge is 0.147 e. The lowest BCUT2D eigenvalue weighted by molar-refractivity contribution is 0.125. The average molecular weight is 235 g/mol. The van der Waals surface area contributed by atoms with Crippen molar-refractivity contribution in [3.63, 3.8) is 0 Å². The van der Waals surface area contributed by atoms with E-state index in [2.05, 4.69) is 19.7 Å². The third-order valence-corrected chi connectivity index (χ3v) is 4.17. The van der Waals surface area contributed by atoms with Gasteiger partial charge in [0.15, 0.2) is 0 Å². The Labute approximate surface area is 102 Å². The fraction of sp³-hybridized carbons (Fsp3) is 0.833. The molecule has 2 aliphatic rings. The number of nitrogens with two attached hydrogens (primary N) is 1. The molecule has 0 spiro atoms. The molecule has 17 heavy (non-hydrogen) atoms. The first-order valence-corrected chi connectivity index (χ1v) is 6.71. The van der Waals surface area contributed by atoms with Crippen LogP contribution in [-0.4, -0.2) is 38.3 Å². The van der Waals surface area contributed by atoms with Gasteiger partial charge in [-0.2, -0.15) is 0 Å². The summed E-state index contributed by atoms with van der Waals surface area (Å²) in [6, 6.07) is 0.884. The van der Waals surface area contributed by atoms with E-state index >= 15 is 0 Å². The lowest BCUT2D eigenvalue weighted by Gasteiger charge is -2.36. The third-order valence-electron chi connectivity index (χ3n) is 4.17. The molecular weight excluding hydrogens is 214 g/mol. The molecule has 1 saturated carbocycles. The van der Waals surface area contributed by atoms with E-state index in [0.29, 0.717) is 12.1 Å². The van der Waals surface area contributed by atoms with Gasteiger partial charge < -0.3 is 10.3 Å². The van der Waals surface area contributed by atoms with E-state index in [0.717, 1.165) is 25.5 Å². The van der Waals surface area contributed by atoms with Gasteiger partial charge in [0.2, 0.25) is 0 Å². The number of rotatable bonds is 1. The number of aromatic nitrogens is 3. The van der Waals surface area contributed by atoms with Crippen molar-refractivity contribution in [2.24, 2.45) is 5.73 Å². The summed E-state index contributed by atoms with van der Waals surface area (Å²) in [4.78, 5) is 2.51. The van der Waals surface area contributed by atoms with Gasteiger partial charge in [-0.15, -0.1) is 10.2 Å². The Balaban J connectivity index is 1.72. The molecular formula is C12H21N5. The second kappa shape index (κ2) is 4.74. The Kier molecular flexibility index (Phi) is 3.11. The standard InChI is InChI=1S/C12H21N5/c13-10-4-2-1-3-5-11(10)16-6-7-17-9-14-15-12(17)8-16/h9-11H,1-8,13H2. The van der Waals surface area contributed by atoms with Crippen LogP contribution in [0.5, 0.6) is 0 Å². The SMILES string of the molecule is NC1CCCCCC1N1CCn2cnnc2C1. The Bertz CT molecular complexity index is 375. The Morgan fingerprint density at radius 2 is 2.06 bits per heavy atom. The molecule has 1 fully saturated rings. The molecule has 1 aliphatic carbocycles. The van der Waals surface area contributed by atoms with Crippen LogP contribution in [0.2, 0.25) is 0 Å². The minimum atomic E-state index is 0.340. The summed E-state index contributed by atoms with van der Waals surface area (Å²) >= 11 is 0. The van der Waals surface area contributed by atoms with Crippen LogP contribution in [0.3, 0.4) is 0 Å². The summed E-state index contributed by atoms with van der Waals surface area (Å²) < 4.78 is 2.15. The number of hydrogen-bond donors (Lipinski definition) is 1. The van der Waals surface area contributed by atoms with Crippen LogP contribution in [0, 0.1) is 0 Å². The highest BCUT2D eigenvalue weighted by atomic mass is 15.3. The van der Waals surface area contributed by atoms with E-state index in [1.807, 2.05) is 6.33 Å². The molecule has 2 unspecified atom stereocenters. The molecule has 3 rings (SSSR count). The van der Waals surface area contributed by atoms with Gasteiger partial charge in [0, 0.05) is 25.2 Å². The minimum absolute atomic E-state index is 0.340. The molecule has 0 aromatic carbocycles. The molecule has 0 saturated heterocycles. The third kappa shape index (κ3) is 2.21. The van der Waals surface area contributed by atoms with Gasteiger partial charge in [-0.05, 0) is 12.8 Å². The fourth-order valence-corrected chi connectivity index (χ4v) is 3.14. The van der Waals surface area contributed by atoms with Crippen molar-refractivity contribution in [2.75, 3.05) is 6.54 Å². The normalized spacial score (nSPS) is 30.9. The van der Waals surface area contributed by atoms with Crippen molar-refractivity contribution in [1.29, 1.82) is 0 Å². The summed E-state index contributed by atoms with van der Waals surface area (Å²) in [6.45, 7) is 3.01. The average Bonchev–Trinajstić information content (AvgIpc) is 2.70. The minimum Gasteiger partial charge on any atom is -0.326 e. The van der Waals surface area contributed by atoms with Crippen LogP contribution in [0.15, 0.2) is 6.33 Å². The van der Waals surface area contributed by atoms with Crippen molar-refractivity contribution in [2.45, 2.75) is 57.3 Å². The molecule has 0 amide bonds. The molecule has 2 atom stereocenters. The van der Waals surface area contributed by atoms with Crippen molar-refractivity contribution in [3.05, 3.63) is 12.2 Å². The number of hydrogen-bond acceptors (Lipinski definition) is 4. The van der Waals surface area contributed by atoms with Gasteiger partial charge in [0.05, 0.1) is 6.54 Å². The summed E-state index contributed by atoms with van der Waals surface area (Å²) in [5.74, 6) is 1.09. The molecule has 1 aromatic heterocycles. The van der Waals surface area contributed by atoms with Crippen molar-refractivity contribution in [1.82, 2.24) is 19.7 Å². The summed E-state index contributed by atoms with van der Waals surface area (Å²) in [5, 5.41) is 8.16. The predicted molar refractivity (Wildman–Crippen MR) is 65.3 cm³/mol. The first-order chi connectivity index (χ1) is 8.34. The second-order valence-electron chi connectivity index (χ2n) is 5.28. The fourth-order valence-electron chi connectivity index (χ4n) is 3.14. The molecule has 0 radical (unpaired) electrons. The van der Waals surface area contributed by atoms with Gasteiger partial charge in [-0.1, -0.05) is 19.3 Å². The molecule has 0 bridgehead atoms. The van der Waals surface area contributed by atoms with Crippen LogP contribution in [0.25, 0.3) is 0 Å². The highest BCUT2D eigenvalue weighted by Gasteiger charge is 2.29. The van der Waals surface area contributed by atoms with Crippen molar-refractivity contribution < 1.29 is 0 Å². The molecule has 2 heterocycles. The zero-order valence-corrected chi connectivity index (χ0v) is 10.3. The van der Waals surface area contributed by atoms with Crippen LogP contribution >= 0.6 is 0 Å². The first kappa shape index (κ1) is 11.2. The van der Waals surface area contributed by atoms with Crippen molar-refractivity contribution in [3.8, 4) is 0 Å². The Morgan fingerprint density at radius 3 is 3.00 bits per heavy atom. The lowest BCUT2D eigenvalue weighted by Crippen LogP contribution is -2.49. The van der Waals surface area contributed by atoms with Gasteiger partial charge in [0.25, 0.3) is 0 Å². The van der Waals surface area contributed by atoms with Crippen LogP contribution in [-0.2, 0) is 13.1 Å². The second-order valence-corrected chi connectivity index (χ2v) is 5.28. The van der Waals surface area contributed by atoms with E-state index in [-0.39, 0.29) is 0 Å². The van der Waals surface area contributed by atoms with Crippen LogP contribution in [0.1, 0.15) is 37.9 Å². The Morgan fingerprint density at radius 1 is 1.18 bits per heavy atom. The van der Waals surface area contributed by atoms with E-state index < -0.39 is 0 Å².